The maximum atomic E-state index is 6.00. The van der Waals surface area contributed by atoms with Crippen molar-refractivity contribution in [2.24, 2.45) is 4.99 Å². The molecule has 0 bridgehead atoms. The van der Waals surface area contributed by atoms with Crippen LogP contribution in [0, 0.1) is 6.92 Å². The zero-order chi connectivity index (χ0) is 22.8. The quantitative estimate of drug-likeness (QED) is 0.255. The Morgan fingerprint density at radius 1 is 1.03 bits per heavy atom. The van der Waals surface area contributed by atoms with E-state index >= 15 is 0 Å². The highest BCUT2D eigenvalue weighted by molar-refractivity contribution is 14.0. The Morgan fingerprint density at radius 3 is 2.36 bits per heavy atom. The van der Waals surface area contributed by atoms with E-state index < -0.39 is 0 Å². The van der Waals surface area contributed by atoms with Crippen molar-refractivity contribution < 1.29 is 14.2 Å². The lowest BCUT2D eigenvalue weighted by Gasteiger charge is -2.22. The van der Waals surface area contributed by atoms with Gasteiger partial charge in [-0.05, 0) is 56.4 Å². The van der Waals surface area contributed by atoms with Crippen LogP contribution in [0.3, 0.4) is 0 Å². The average molecular weight is 568 g/mol. The first-order chi connectivity index (χ1) is 15.5. The molecule has 6 nitrogen and oxygen atoms in total. The van der Waals surface area contributed by atoms with Gasteiger partial charge in [-0.2, -0.15) is 0 Å². The van der Waals surface area contributed by atoms with Crippen molar-refractivity contribution >= 4 is 29.9 Å². The van der Waals surface area contributed by atoms with Crippen LogP contribution < -0.4 is 15.4 Å². The Balaban J connectivity index is 0.00000385. The highest BCUT2D eigenvalue weighted by Crippen LogP contribution is 2.21. The minimum Gasteiger partial charge on any atom is -0.491 e. The van der Waals surface area contributed by atoms with Gasteiger partial charge in [0.25, 0.3) is 0 Å². The maximum absolute atomic E-state index is 6.00. The fraction of sp³-hybridized carbons (Fsp3) is 0.500. The molecule has 0 spiro atoms. The van der Waals surface area contributed by atoms with Gasteiger partial charge in [0.2, 0.25) is 0 Å². The van der Waals surface area contributed by atoms with Gasteiger partial charge in [0.1, 0.15) is 5.75 Å². The number of halogens is 1. The highest BCUT2D eigenvalue weighted by atomic mass is 127. The summed E-state index contributed by atoms with van der Waals surface area (Å²) in [5, 5.41) is 6.77. The van der Waals surface area contributed by atoms with Gasteiger partial charge in [-0.1, -0.05) is 36.4 Å². The van der Waals surface area contributed by atoms with Gasteiger partial charge < -0.3 is 24.8 Å². The summed E-state index contributed by atoms with van der Waals surface area (Å²) in [6.45, 7) is 9.77. The van der Waals surface area contributed by atoms with E-state index in [1.54, 1.807) is 7.05 Å². The molecule has 1 aliphatic rings. The van der Waals surface area contributed by atoms with E-state index in [4.69, 9.17) is 14.2 Å². The number of aryl methyl sites for hydroxylation is 1. The van der Waals surface area contributed by atoms with Crippen molar-refractivity contribution in [3.63, 3.8) is 0 Å². The largest absolute Gasteiger partial charge is 0.491 e. The maximum Gasteiger partial charge on any atom is 0.191 e. The highest BCUT2D eigenvalue weighted by Gasteiger charge is 2.14. The van der Waals surface area contributed by atoms with Crippen LogP contribution >= 0.6 is 24.0 Å². The summed E-state index contributed by atoms with van der Waals surface area (Å²) < 4.78 is 17.4. The molecule has 1 saturated heterocycles. The molecule has 2 N–H and O–H groups in total. The zero-order valence-electron chi connectivity index (χ0n) is 20.2. The van der Waals surface area contributed by atoms with Gasteiger partial charge in [-0.3, -0.25) is 4.99 Å². The molecular weight excluding hydrogens is 529 g/mol. The van der Waals surface area contributed by atoms with Crippen LogP contribution in [0.5, 0.6) is 5.75 Å². The summed E-state index contributed by atoms with van der Waals surface area (Å²) in [5.74, 6) is 1.68. The second-order valence-corrected chi connectivity index (χ2v) is 8.50. The van der Waals surface area contributed by atoms with E-state index in [1.807, 2.05) is 13.8 Å². The number of guanidine groups is 1. The Morgan fingerprint density at radius 2 is 1.70 bits per heavy atom. The molecule has 0 radical (unpaired) electrons. The van der Waals surface area contributed by atoms with E-state index in [-0.39, 0.29) is 30.1 Å². The van der Waals surface area contributed by atoms with E-state index in [0.29, 0.717) is 25.8 Å². The van der Waals surface area contributed by atoms with Crippen molar-refractivity contribution in [2.45, 2.75) is 65.5 Å². The van der Waals surface area contributed by atoms with Gasteiger partial charge in [-0.25, -0.2) is 0 Å². The standard InChI is InChI=1S/C26H37N3O3.HI/c1-19(2)32-25-15-20(3)5-10-23(25)17-29-26(27-4)28-16-21-6-8-22(9-7-21)18-31-24-11-13-30-14-12-24;/h5-10,15,19,24H,11-14,16-18H2,1-4H3,(H2,27,28,29);1H. The molecule has 0 atom stereocenters. The van der Waals surface area contributed by atoms with Crippen LogP contribution in [-0.2, 0) is 29.2 Å². The average Bonchev–Trinajstić information content (AvgIpc) is 2.80. The third-order valence-corrected chi connectivity index (χ3v) is 5.39. The van der Waals surface area contributed by atoms with Crippen LogP contribution in [0.2, 0.25) is 0 Å². The molecule has 7 heteroatoms. The van der Waals surface area contributed by atoms with Crippen molar-refractivity contribution in [1.29, 1.82) is 0 Å². The second kappa shape index (κ2) is 14.4. The third kappa shape index (κ3) is 9.51. The predicted molar refractivity (Wildman–Crippen MR) is 144 cm³/mol. The molecule has 0 aliphatic carbocycles. The molecule has 33 heavy (non-hydrogen) atoms. The number of aliphatic imine (C=N–C) groups is 1. The zero-order valence-corrected chi connectivity index (χ0v) is 22.6. The molecule has 1 aliphatic heterocycles. The number of nitrogens with one attached hydrogen (secondary N) is 2. The normalized spacial score (nSPS) is 14.6. The minimum absolute atomic E-state index is 0. The molecule has 2 aromatic carbocycles. The van der Waals surface area contributed by atoms with Crippen LogP contribution in [0.4, 0.5) is 0 Å². The van der Waals surface area contributed by atoms with E-state index in [1.165, 1.54) is 16.7 Å². The number of rotatable bonds is 9. The lowest BCUT2D eigenvalue weighted by atomic mass is 10.1. The van der Waals surface area contributed by atoms with Crippen LogP contribution in [0.15, 0.2) is 47.5 Å². The first-order valence-corrected chi connectivity index (χ1v) is 11.5. The van der Waals surface area contributed by atoms with Crippen molar-refractivity contribution in [3.05, 3.63) is 64.7 Å². The van der Waals surface area contributed by atoms with Crippen molar-refractivity contribution in [2.75, 3.05) is 20.3 Å². The van der Waals surface area contributed by atoms with Crippen LogP contribution in [0.25, 0.3) is 0 Å². The number of hydrogen-bond acceptors (Lipinski definition) is 4. The fourth-order valence-corrected chi connectivity index (χ4v) is 3.57. The third-order valence-electron chi connectivity index (χ3n) is 5.39. The van der Waals surface area contributed by atoms with Crippen LogP contribution in [-0.4, -0.2) is 38.4 Å². The first-order valence-electron chi connectivity index (χ1n) is 11.5. The Hall–Kier alpha value is -1.84. The molecular formula is C26H38IN3O3. The summed E-state index contributed by atoms with van der Waals surface area (Å²) >= 11 is 0. The van der Waals surface area contributed by atoms with E-state index in [2.05, 4.69) is 65.0 Å². The van der Waals surface area contributed by atoms with Gasteiger partial charge in [0.15, 0.2) is 5.96 Å². The van der Waals surface area contributed by atoms with Gasteiger partial charge in [0.05, 0.1) is 18.8 Å². The van der Waals surface area contributed by atoms with Crippen LogP contribution in [0.1, 0.15) is 48.9 Å². The van der Waals surface area contributed by atoms with Gasteiger partial charge in [0, 0.05) is 38.9 Å². The molecule has 182 valence electrons. The molecule has 2 aromatic rings. The molecule has 1 heterocycles. The monoisotopic (exact) mass is 567 g/mol. The first kappa shape index (κ1) is 27.4. The minimum atomic E-state index is 0. The smallest absolute Gasteiger partial charge is 0.191 e. The lowest BCUT2D eigenvalue weighted by Crippen LogP contribution is -2.36. The predicted octanol–water partition coefficient (Wildman–Crippen LogP) is 4.96. The van der Waals surface area contributed by atoms with Crippen molar-refractivity contribution in [3.8, 4) is 5.75 Å². The van der Waals surface area contributed by atoms with E-state index in [0.717, 1.165) is 43.3 Å². The molecule has 0 unspecified atom stereocenters. The summed E-state index contributed by atoms with van der Waals surface area (Å²) in [4.78, 5) is 4.35. The number of benzene rings is 2. The summed E-state index contributed by atoms with van der Waals surface area (Å²) in [6, 6.07) is 14.8. The Kier molecular flexibility index (Phi) is 12.0. The SMILES string of the molecule is CN=C(NCc1ccc(COC2CCOCC2)cc1)NCc1ccc(C)cc1OC(C)C.I. The lowest BCUT2D eigenvalue weighted by molar-refractivity contribution is -0.0390. The number of nitrogens with zero attached hydrogens (tertiary/aromatic N) is 1. The Labute approximate surface area is 215 Å². The fourth-order valence-electron chi connectivity index (χ4n) is 3.57. The second-order valence-electron chi connectivity index (χ2n) is 8.50. The molecule has 0 aromatic heterocycles. The summed E-state index contributed by atoms with van der Waals surface area (Å²) in [6.07, 6.45) is 2.43. The Bertz CT molecular complexity index is 866. The summed E-state index contributed by atoms with van der Waals surface area (Å²) in [7, 11) is 1.78. The summed E-state index contributed by atoms with van der Waals surface area (Å²) in [5.41, 5.74) is 4.69. The van der Waals surface area contributed by atoms with Crippen molar-refractivity contribution in [1.82, 2.24) is 10.6 Å². The molecule has 3 rings (SSSR count). The van der Waals surface area contributed by atoms with Gasteiger partial charge in [-0.15, -0.1) is 24.0 Å². The van der Waals surface area contributed by atoms with Gasteiger partial charge >= 0.3 is 0 Å². The molecule has 1 fully saturated rings. The van der Waals surface area contributed by atoms with E-state index in [9.17, 15) is 0 Å². The topological polar surface area (TPSA) is 64.1 Å². The molecule has 0 saturated carbocycles. The number of hydrogen-bond donors (Lipinski definition) is 2. The molecule has 0 amide bonds. The number of ether oxygens (including phenoxy) is 3.